The van der Waals surface area contributed by atoms with E-state index in [2.05, 4.69) is 6.92 Å². The molecule has 2 saturated heterocycles. The standard InChI is InChI=1S/C14H26N2O3/c1-11-5-10-19-13(11)14(17)16-7-3-12(4-8-16)18-9-2-6-15/h11-13H,2-10,15H2,1H3. The summed E-state index contributed by atoms with van der Waals surface area (Å²) in [4.78, 5) is 14.3. The first-order valence-corrected chi connectivity index (χ1v) is 7.44. The fourth-order valence-electron chi connectivity index (χ4n) is 2.77. The van der Waals surface area contributed by atoms with Gasteiger partial charge in [-0.05, 0) is 38.1 Å². The molecule has 0 aromatic rings. The van der Waals surface area contributed by atoms with Gasteiger partial charge < -0.3 is 20.1 Å². The van der Waals surface area contributed by atoms with Crippen molar-refractivity contribution in [3.8, 4) is 0 Å². The molecule has 0 aromatic carbocycles. The molecular formula is C14H26N2O3. The first-order chi connectivity index (χ1) is 9.22. The molecule has 2 aliphatic heterocycles. The van der Waals surface area contributed by atoms with Gasteiger partial charge in [0.2, 0.25) is 0 Å². The zero-order valence-electron chi connectivity index (χ0n) is 11.8. The van der Waals surface area contributed by atoms with Crippen LogP contribution in [0.4, 0.5) is 0 Å². The zero-order chi connectivity index (χ0) is 13.7. The van der Waals surface area contributed by atoms with Crippen LogP contribution in [-0.2, 0) is 14.3 Å². The number of amides is 1. The first-order valence-electron chi connectivity index (χ1n) is 7.44. The average molecular weight is 270 g/mol. The fourth-order valence-corrected chi connectivity index (χ4v) is 2.77. The molecule has 0 radical (unpaired) electrons. The summed E-state index contributed by atoms with van der Waals surface area (Å²) in [6.07, 6.45) is 3.84. The maximum atomic E-state index is 12.3. The number of ether oxygens (including phenoxy) is 2. The monoisotopic (exact) mass is 270 g/mol. The summed E-state index contributed by atoms with van der Waals surface area (Å²) < 4.78 is 11.3. The normalized spacial score (nSPS) is 28.8. The van der Waals surface area contributed by atoms with Crippen molar-refractivity contribution in [2.24, 2.45) is 11.7 Å². The lowest BCUT2D eigenvalue weighted by Crippen LogP contribution is -2.46. The summed E-state index contributed by atoms with van der Waals surface area (Å²) in [6, 6.07) is 0. The highest BCUT2D eigenvalue weighted by Gasteiger charge is 2.35. The third-order valence-electron chi connectivity index (χ3n) is 4.09. The third-order valence-corrected chi connectivity index (χ3v) is 4.09. The van der Waals surface area contributed by atoms with Gasteiger partial charge in [-0.25, -0.2) is 0 Å². The van der Waals surface area contributed by atoms with Crippen LogP contribution in [-0.4, -0.2) is 55.9 Å². The molecule has 1 amide bonds. The lowest BCUT2D eigenvalue weighted by molar-refractivity contribution is -0.145. The van der Waals surface area contributed by atoms with Gasteiger partial charge in [0.15, 0.2) is 0 Å². The second-order valence-corrected chi connectivity index (χ2v) is 5.60. The van der Waals surface area contributed by atoms with Crippen LogP contribution in [0.3, 0.4) is 0 Å². The smallest absolute Gasteiger partial charge is 0.251 e. The summed E-state index contributed by atoms with van der Waals surface area (Å²) in [5, 5.41) is 0. The lowest BCUT2D eigenvalue weighted by Gasteiger charge is -2.33. The van der Waals surface area contributed by atoms with Crippen LogP contribution in [0.25, 0.3) is 0 Å². The van der Waals surface area contributed by atoms with Crippen molar-refractivity contribution in [2.45, 2.75) is 44.8 Å². The molecule has 5 nitrogen and oxygen atoms in total. The molecule has 2 fully saturated rings. The van der Waals surface area contributed by atoms with E-state index < -0.39 is 0 Å². The van der Waals surface area contributed by atoms with E-state index >= 15 is 0 Å². The van der Waals surface area contributed by atoms with Gasteiger partial charge >= 0.3 is 0 Å². The number of likely N-dealkylation sites (tertiary alicyclic amines) is 1. The molecule has 0 spiro atoms. The maximum Gasteiger partial charge on any atom is 0.251 e. The van der Waals surface area contributed by atoms with Crippen molar-refractivity contribution < 1.29 is 14.3 Å². The van der Waals surface area contributed by atoms with Gasteiger partial charge in [-0.3, -0.25) is 4.79 Å². The molecule has 2 aliphatic rings. The predicted molar refractivity (Wildman–Crippen MR) is 72.7 cm³/mol. The van der Waals surface area contributed by atoms with Crippen LogP contribution in [0.5, 0.6) is 0 Å². The lowest BCUT2D eigenvalue weighted by atomic mass is 10.0. The highest BCUT2D eigenvalue weighted by Crippen LogP contribution is 2.24. The summed E-state index contributed by atoms with van der Waals surface area (Å²) in [7, 11) is 0. The Kier molecular flexibility index (Phi) is 5.60. The summed E-state index contributed by atoms with van der Waals surface area (Å²) in [5.41, 5.74) is 5.44. The molecule has 19 heavy (non-hydrogen) atoms. The summed E-state index contributed by atoms with van der Waals surface area (Å²) in [6.45, 7) is 5.80. The van der Waals surface area contributed by atoms with Crippen LogP contribution >= 0.6 is 0 Å². The van der Waals surface area contributed by atoms with Crippen LogP contribution in [0.15, 0.2) is 0 Å². The molecule has 0 saturated carbocycles. The number of hydrogen-bond donors (Lipinski definition) is 1. The van der Waals surface area contributed by atoms with Gasteiger partial charge in [-0.1, -0.05) is 6.92 Å². The summed E-state index contributed by atoms with van der Waals surface area (Å²) >= 11 is 0. The van der Waals surface area contributed by atoms with Crippen molar-refractivity contribution in [3.63, 3.8) is 0 Å². The molecular weight excluding hydrogens is 244 g/mol. The Hall–Kier alpha value is -0.650. The van der Waals surface area contributed by atoms with Crippen molar-refractivity contribution in [1.29, 1.82) is 0 Å². The number of carbonyl (C=O) groups is 1. The quantitative estimate of drug-likeness (QED) is 0.749. The van der Waals surface area contributed by atoms with Crippen LogP contribution < -0.4 is 5.73 Å². The number of rotatable bonds is 5. The molecule has 2 heterocycles. The predicted octanol–water partition coefficient (Wildman–Crippen LogP) is 0.768. The second-order valence-electron chi connectivity index (χ2n) is 5.60. The minimum absolute atomic E-state index is 0.172. The van der Waals surface area contributed by atoms with Gasteiger partial charge in [-0.15, -0.1) is 0 Å². The number of nitrogens with two attached hydrogens (primary N) is 1. The number of carbonyl (C=O) groups excluding carboxylic acids is 1. The van der Waals surface area contributed by atoms with E-state index in [9.17, 15) is 4.79 Å². The minimum Gasteiger partial charge on any atom is -0.378 e. The summed E-state index contributed by atoms with van der Waals surface area (Å²) in [5.74, 6) is 0.524. The second kappa shape index (κ2) is 7.22. The van der Waals surface area contributed by atoms with E-state index in [0.717, 1.165) is 52.0 Å². The Morgan fingerprint density at radius 2 is 2.11 bits per heavy atom. The van der Waals surface area contributed by atoms with Gasteiger partial charge in [-0.2, -0.15) is 0 Å². The van der Waals surface area contributed by atoms with E-state index in [1.165, 1.54) is 0 Å². The van der Waals surface area contributed by atoms with E-state index in [0.29, 0.717) is 12.5 Å². The Bertz CT molecular complexity index is 290. The highest BCUT2D eigenvalue weighted by atomic mass is 16.5. The van der Waals surface area contributed by atoms with Gasteiger partial charge in [0.05, 0.1) is 6.10 Å². The SMILES string of the molecule is CC1CCOC1C(=O)N1CCC(OCCCN)CC1. The molecule has 2 N–H and O–H groups in total. The Labute approximate surface area is 115 Å². The molecule has 110 valence electrons. The van der Waals surface area contributed by atoms with E-state index in [4.69, 9.17) is 15.2 Å². The van der Waals surface area contributed by atoms with Crippen LogP contribution in [0.2, 0.25) is 0 Å². The van der Waals surface area contributed by atoms with Crippen molar-refractivity contribution in [3.05, 3.63) is 0 Å². The van der Waals surface area contributed by atoms with Gasteiger partial charge in [0.1, 0.15) is 6.10 Å². The number of hydrogen-bond acceptors (Lipinski definition) is 4. The largest absolute Gasteiger partial charge is 0.378 e. The Morgan fingerprint density at radius 3 is 2.68 bits per heavy atom. The Balaban J connectivity index is 1.72. The third kappa shape index (κ3) is 3.91. The number of piperidine rings is 1. The maximum absolute atomic E-state index is 12.3. The fraction of sp³-hybridized carbons (Fsp3) is 0.929. The van der Waals surface area contributed by atoms with Crippen molar-refractivity contribution in [1.82, 2.24) is 4.90 Å². The molecule has 0 aliphatic carbocycles. The van der Waals surface area contributed by atoms with Gasteiger partial charge in [0.25, 0.3) is 5.91 Å². The molecule has 2 unspecified atom stereocenters. The molecule has 0 bridgehead atoms. The Morgan fingerprint density at radius 1 is 1.37 bits per heavy atom. The van der Waals surface area contributed by atoms with Crippen molar-refractivity contribution in [2.75, 3.05) is 32.8 Å². The van der Waals surface area contributed by atoms with E-state index in [1.54, 1.807) is 0 Å². The molecule has 2 atom stereocenters. The van der Waals surface area contributed by atoms with E-state index in [-0.39, 0.29) is 18.1 Å². The zero-order valence-corrected chi connectivity index (χ0v) is 11.8. The highest BCUT2D eigenvalue weighted by molar-refractivity contribution is 5.81. The van der Waals surface area contributed by atoms with Crippen molar-refractivity contribution >= 4 is 5.91 Å². The molecule has 2 rings (SSSR count). The first kappa shape index (κ1) is 14.8. The molecule has 0 aromatic heterocycles. The van der Waals surface area contributed by atoms with E-state index in [1.807, 2.05) is 4.90 Å². The van der Waals surface area contributed by atoms with Gasteiger partial charge in [0, 0.05) is 26.3 Å². The topological polar surface area (TPSA) is 64.8 Å². The molecule has 5 heteroatoms. The number of nitrogens with zero attached hydrogens (tertiary/aromatic N) is 1. The average Bonchev–Trinajstić information content (AvgIpc) is 2.85. The van der Waals surface area contributed by atoms with Crippen LogP contribution in [0, 0.1) is 5.92 Å². The minimum atomic E-state index is -0.213. The van der Waals surface area contributed by atoms with Crippen LogP contribution in [0.1, 0.15) is 32.6 Å².